The van der Waals surface area contributed by atoms with E-state index in [0.717, 1.165) is 47.4 Å². The molecule has 226 valence electrons. The van der Waals surface area contributed by atoms with Crippen LogP contribution in [0, 0.1) is 0 Å². The molecule has 43 heavy (non-hydrogen) atoms. The second kappa shape index (κ2) is 13.6. The number of aromatic amines is 1. The number of carbonyl (C=O) groups excluding carboxylic acids is 2. The Bertz CT molecular complexity index is 1530. The molecule has 1 aromatic heterocycles. The number of H-pyrrole nitrogens is 1. The summed E-state index contributed by atoms with van der Waals surface area (Å²) in [5.74, 6) is -0.0107. The zero-order valence-electron chi connectivity index (χ0n) is 25.5. The van der Waals surface area contributed by atoms with E-state index in [1.54, 1.807) is 4.90 Å². The topological polar surface area (TPSA) is 92.9 Å². The van der Waals surface area contributed by atoms with Crippen LogP contribution in [0.5, 0.6) is 5.75 Å². The minimum atomic E-state index is -0.828. The van der Waals surface area contributed by atoms with Crippen LogP contribution in [0.2, 0.25) is 0 Å². The number of urea groups is 1. The van der Waals surface area contributed by atoms with Gasteiger partial charge < -0.3 is 35.1 Å². The van der Waals surface area contributed by atoms with Crippen LogP contribution in [0.3, 0.4) is 0 Å². The second-order valence-electron chi connectivity index (χ2n) is 11.3. The SMILES string of the molecule is CCOc1ccc(CN(C)C)cc1NC(=O)C(NC(=O)N1CCN(c2ccccc2)CC1)C(C)c1c[nH]c2ccccc12. The van der Waals surface area contributed by atoms with Gasteiger partial charge in [0.15, 0.2) is 0 Å². The molecule has 4 aromatic rings. The van der Waals surface area contributed by atoms with E-state index in [1.807, 2.05) is 94.8 Å². The minimum absolute atomic E-state index is 0.244. The largest absolute Gasteiger partial charge is 0.492 e. The quantitative estimate of drug-likeness (QED) is 0.237. The van der Waals surface area contributed by atoms with Crippen LogP contribution in [-0.2, 0) is 11.3 Å². The van der Waals surface area contributed by atoms with Gasteiger partial charge in [0.1, 0.15) is 11.8 Å². The van der Waals surface area contributed by atoms with Crippen molar-refractivity contribution in [3.8, 4) is 5.75 Å². The van der Waals surface area contributed by atoms with Crippen LogP contribution >= 0.6 is 0 Å². The first kappa shape index (κ1) is 30.0. The highest BCUT2D eigenvalue weighted by molar-refractivity contribution is 5.99. The van der Waals surface area contributed by atoms with Crippen LogP contribution < -0.4 is 20.3 Å². The molecule has 9 nitrogen and oxygen atoms in total. The van der Waals surface area contributed by atoms with Gasteiger partial charge in [0, 0.05) is 61.4 Å². The summed E-state index contributed by atoms with van der Waals surface area (Å²) in [7, 11) is 4.01. The maximum atomic E-state index is 14.1. The van der Waals surface area contributed by atoms with Crippen LogP contribution in [0.25, 0.3) is 10.9 Å². The molecule has 0 bridgehead atoms. The number of ether oxygens (including phenoxy) is 1. The Labute approximate surface area is 253 Å². The van der Waals surface area contributed by atoms with Crippen molar-refractivity contribution in [2.45, 2.75) is 32.4 Å². The summed E-state index contributed by atoms with van der Waals surface area (Å²) in [4.78, 5) is 37.2. The molecule has 2 unspecified atom stereocenters. The van der Waals surface area contributed by atoms with E-state index in [-0.39, 0.29) is 17.9 Å². The summed E-state index contributed by atoms with van der Waals surface area (Å²) < 4.78 is 5.86. The number of carbonyl (C=O) groups is 2. The number of nitrogens with one attached hydrogen (secondary N) is 3. The number of amides is 3. The van der Waals surface area contributed by atoms with Gasteiger partial charge in [-0.1, -0.05) is 49.4 Å². The van der Waals surface area contributed by atoms with Crippen molar-refractivity contribution < 1.29 is 14.3 Å². The molecule has 1 aliphatic rings. The fourth-order valence-electron chi connectivity index (χ4n) is 5.73. The highest BCUT2D eigenvalue weighted by Crippen LogP contribution is 2.31. The fourth-order valence-corrected chi connectivity index (χ4v) is 5.73. The Morgan fingerprint density at radius 2 is 1.70 bits per heavy atom. The number of fused-ring (bicyclic) bond motifs is 1. The first-order valence-electron chi connectivity index (χ1n) is 15.0. The van der Waals surface area contributed by atoms with Crippen molar-refractivity contribution in [3.63, 3.8) is 0 Å². The van der Waals surface area contributed by atoms with Crippen molar-refractivity contribution in [3.05, 3.63) is 90.1 Å². The number of rotatable bonds is 10. The lowest BCUT2D eigenvalue weighted by Crippen LogP contribution is -2.56. The van der Waals surface area contributed by atoms with E-state index in [0.29, 0.717) is 31.1 Å². The van der Waals surface area contributed by atoms with Gasteiger partial charge in [-0.3, -0.25) is 4.79 Å². The smallest absolute Gasteiger partial charge is 0.318 e. The Hall–Kier alpha value is -4.50. The summed E-state index contributed by atoms with van der Waals surface area (Å²) in [5, 5.41) is 7.24. The minimum Gasteiger partial charge on any atom is -0.492 e. The number of aromatic nitrogens is 1. The molecule has 0 aliphatic carbocycles. The standard InChI is InChI=1S/C34H42N6O3/c1-5-43-31-16-15-25(23-38(3)4)21-30(31)36-33(41)32(24(2)28-22-35-29-14-10-9-13-27(28)29)37-34(42)40-19-17-39(18-20-40)26-11-7-6-8-12-26/h6-16,21-22,24,32,35H,5,17-20,23H2,1-4H3,(H,36,41)(H,37,42). The Balaban J connectivity index is 1.38. The van der Waals surface area contributed by atoms with Crippen molar-refractivity contribution in [1.82, 2.24) is 20.1 Å². The fraction of sp³-hybridized carbons (Fsp3) is 0.353. The van der Waals surface area contributed by atoms with E-state index in [9.17, 15) is 9.59 Å². The predicted molar refractivity (Wildman–Crippen MR) is 173 cm³/mol. The van der Waals surface area contributed by atoms with E-state index in [1.165, 1.54) is 0 Å². The van der Waals surface area contributed by atoms with Crippen molar-refractivity contribution in [2.24, 2.45) is 0 Å². The maximum Gasteiger partial charge on any atom is 0.318 e. The number of para-hydroxylation sites is 2. The molecule has 3 N–H and O–H groups in total. The molecule has 5 rings (SSSR count). The van der Waals surface area contributed by atoms with E-state index in [2.05, 4.69) is 37.6 Å². The molecule has 9 heteroatoms. The number of hydrogen-bond donors (Lipinski definition) is 3. The molecule has 1 aliphatic heterocycles. The molecule has 2 atom stereocenters. The van der Waals surface area contributed by atoms with Gasteiger partial charge in [0.2, 0.25) is 5.91 Å². The molecule has 1 fully saturated rings. The predicted octanol–water partition coefficient (Wildman–Crippen LogP) is 5.27. The third-order valence-corrected chi connectivity index (χ3v) is 7.96. The first-order chi connectivity index (χ1) is 20.8. The molecule has 2 heterocycles. The Morgan fingerprint density at radius 3 is 2.42 bits per heavy atom. The van der Waals surface area contributed by atoms with Crippen molar-refractivity contribution in [2.75, 3.05) is 57.1 Å². The van der Waals surface area contributed by atoms with Gasteiger partial charge in [-0.2, -0.15) is 0 Å². The summed E-state index contributed by atoms with van der Waals surface area (Å²) in [6.07, 6.45) is 1.93. The lowest BCUT2D eigenvalue weighted by molar-refractivity contribution is -0.118. The summed E-state index contributed by atoms with van der Waals surface area (Å²) in [6, 6.07) is 23.0. The van der Waals surface area contributed by atoms with Gasteiger partial charge >= 0.3 is 6.03 Å². The maximum absolute atomic E-state index is 14.1. The van der Waals surface area contributed by atoms with Gasteiger partial charge in [-0.25, -0.2) is 4.79 Å². The molecular formula is C34H42N6O3. The second-order valence-corrected chi connectivity index (χ2v) is 11.3. The third kappa shape index (κ3) is 7.11. The number of benzene rings is 3. The van der Waals surface area contributed by atoms with Crippen LogP contribution in [0.1, 0.15) is 30.9 Å². The van der Waals surface area contributed by atoms with E-state index < -0.39 is 6.04 Å². The molecule has 1 saturated heterocycles. The Morgan fingerprint density at radius 1 is 0.977 bits per heavy atom. The van der Waals surface area contributed by atoms with Gasteiger partial charge in [0.25, 0.3) is 0 Å². The van der Waals surface area contributed by atoms with E-state index in [4.69, 9.17) is 4.74 Å². The molecule has 3 aromatic carbocycles. The van der Waals surface area contributed by atoms with Gasteiger partial charge in [0.05, 0.1) is 12.3 Å². The van der Waals surface area contributed by atoms with Crippen LogP contribution in [-0.4, -0.2) is 79.6 Å². The lowest BCUT2D eigenvalue weighted by Gasteiger charge is -2.37. The normalized spacial score (nSPS) is 14.9. The number of hydrogen-bond acceptors (Lipinski definition) is 5. The lowest BCUT2D eigenvalue weighted by atomic mass is 9.92. The average molecular weight is 583 g/mol. The third-order valence-electron chi connectivity index (χ3n) is 7.96. The number of anilines is 2. The van der Waals surface area contributed by atoms with Crippen LogP contribution in [0.15, 0.2) is 79.0 Å². The summed E-state index contributed by atoms with van der Waals surface area (Å²) in [5.41, 5.74) is 4.74. The average Bonchev–Trinajstić information content (AvgIpc) is 3.45. The number of piperazine rings is 1. The molecule has 0 saturated carbocycles. The van der Waals surface area contributed by atoms with Gasteiger partial charge in [-0.05, 0) is 62.5 Å². The number of nitrogens with zero attached hydrogens (tertiary/aromatic N) is 3. The highest BCUT2D eigenvalue weighted by Gasteiger charge is 2.32. The monoisotopic (exact) mass is 582 g/mol. The zero-order chi connectivity index (χ0) is 30.3. The van der Waals surface area contributed by atoms with Crippen molar-refractivity contribution in [1.29, 1.82) is 0 Å². The molecule has 0 spiro atoms. The zero-order valence-corrected chi connectivity index (χ0v) is 25.5. The van der Waals surface area contributed by atoms with E-state index >= 15 is 0 Å². The molecule has 0 radical (unpaired) electrons. The molecular weight excluding hydrogens is 540 g/mol. The van der Waals surface area contributed by atoms with Gasteiger partial charge in [-0.15, -0.1) is 0 Å². The van der Waals surface area contributed by atoms with Crippen LogP contribution in [0.4, 0.5) is 16.2 Å². The Kier molecular flexibility index (Phi) is 9.51. The first-order valence-corrected chi connectivity index (χ1v) is 15.0. The summed E-state index contributed by atoms with van der Waals surface area (Å²) in [6.45, 7) is 7.67. The summed E-state index contributed by atoms with van der Waals surface area (Å²) >= 11 is 0. The molecule has 3 amide bonds. The highest BCUT2D eigenvalue weighted by atomic mass is 16.5. The van der Waals surface area contributed by atoms with Crippen molar-refractivity contribution >= 4 is 34.2 Å².